The van der Waals surface area contributed by atoms with Gasteiger partial charge < -0.3 is 10.1 Å². The molecular formula is C15H23BrN2O. The monoisotopic (exact) mass is 326 g/mol. The Hall–Kier alpha value is -0.580. The first-order chi connectivity index (χ1) is 9.11. The average molecular weight is 327 g/mol. The van der Waals surface area contributed by atoms with Crippen molar-refractivity contribution >= 4 is 15.9 Å². The van der Waals surface area contributed by atoms with Gasteiger partial charge in [0.15, 0.2) is 0 Å². The smallest absolute Gasteiger partial charge is 0.137 e. The Kier molecular flexibility index (Phi) is 5.25. The molecule has 0 aliphatic carbocycles. The Balaban J connectivity index is 2.25. The lowest BCUT2D eigenvalue weighted by Gasteiger charge is -2.28. The normalized spacial score (nSPS) is 16.9. The van der Waals surface area contributed by atoms with E-state index in [1.54, 1.807) is 7.11 Å². The first-order valence-electron chi connectivity index (χ1n) is 6.91. The van der Waals surface area contributed by atoms with Gasteiger partial charge in [-0.25, -0.2) is 0 Å². The molecule has 0 saturated carbocycles. The number of benzene rings is 1. The van der Waals surface area contributed by atoms with Gasteiger partial charge >= 0.3 is 0 Å². The third-order valence-corrected chi connectivity index (χ3v) is 4.21. The molecule has 0 amide bonds. The molecule has 106 valence electrons. The summed E-state index contributed by atoms with van der Waals surface area (Å²) in [5.74, 6) is 1.51. The molecule has 1 aliphatic rings. The first kappa shape index (κ1) is 14.8. The second-order valence-corrected chi connectivity index (χ2v) is 6.23. The highest BCUT2D eigenvalue weighted by molar-refractivity contribution is 9.10. The molecule has 19 heavy (non-hydrogen) atoms. The van der Waals surface area contributed by atoms with E-state index < -0.39 is 0 Å². The summed E-state index contributed by atoms with van der Waals surface area (Å²) in [6.07, 6.45) is 0. The molecule has 0 aromatic heterocycles. The van der Waals surface area contributed by atoms with Crippen LogP contribution in [0.15, 0.2) is 16.6 Å². The van der Waals surface area contributed by atoms with E-state index in [0.717, 1.165) is 42.9 Å². The molecule has 0 spiro atoms. The van der Waals surface area contributed by atoms with E-state index in [1.807, 2.05) is 0 Å². The summed E-state index contributed by atoms with van der Waals surface area (Å²) >= 11 is 3.64. The van der Waals surface area contributed by atoms with Gasteiger partial charge in [-0.3, -0.25) is 4.90 Å². The van der Waals surface area contributed by atoms with Gasteiger partial charge in [-0.15, -0.1) is 0 Å². The number of methoxy groups -OCH3 is 1. The summed E-state index contributed by atoms with van der Waals surface area (Å²) in [6.45, 7) is 9.77. The maximum atomic E-state index is 5.56. The van der Waals surface area contributed by atoms with Crippen LogP contribution in [0, 0.1) is 0 Å². The highest BCUT2D eigenvalue weighted by atomic mass is 79.9. The van der Waals surface area contributed by atoms with Gasteiger partial charge in [0.2, 0.25) is 0 Å². The summed E-state index contributed by atoms with van der Waals surface area (Å²) in [5, 5.41) is 3.39. The number of rotatable bonds is 4. The average Bonchev–Trinajstić information content (AvgIpc) is 2.39. The highest BCUT2D eigenvalue weighted by Crippen LogP contribution is 2.33. The maximum absolute atomic E-state index is 5.56. The van der Waals surface area contributed by atoms with Crippen LogP contribution in [-0.4, -0.2) is 38.2 Å². The second-order valence-electron chi connectivity index (χ2n) is 5.38. The third-order valence-electron chi connectivity index (χ3n) is 3.62. The van der Waals surface area contributed by atoms with Crippen LogP contribution >= 0.6 is 15.9 Å². The predicted octanol–water partition coefficient (Wildman–Crippen LogP) is 2.99. The van der Waals surface area contributed by atoms with Crippen molar-refractivity contribution in [1.29, 1.82) is 0 Å². The van der Waals surface area contributed by atoms with E-state index in [-0.39, 0.29) is 0 Å². The number of halogens is 1. The van der Waals surface area contributed by atoms with Crippen LogP contribution in [0.25, 0.3) is 0 Å². The van der Waals surface area contributed by atoms with Crippen LogP contribution in [0.4, 0.5) is 0 Å². The van der Waals surface area contributed by atoms with Gasteiger partial charge in [0.05, 0.1) is 11.6 Å². The molecule has 0 atom stereocenters. The predicted molar refractivity (Wildman–Crippen MR) is 82.9 cm³/mol. The molecule has 0 bridgehead atoms. The fourth-order valence-electron chi connectivity index (χ4n) is 2.46. The largest absolute Gasteiger partial charge is 0.495 e. The van der Waals surface area contributed by atoms with Crippen molar-refractivity contribution in [3.05, 3.63) is 27.7 Å². The van der Waals surface area contributed by atoms with Crippen LogP contribution in [0.2, 0.25) is 0 Å². The topological polar surface area (TPSA) is 24.5 Å². The molecule has 0 unspecified atom stereocenters. The Morgan fingerprint density at radius 2 is 2.00 bits per heavy atom. The van der Waals surface area contributed by atoms with E-state index in [1.165, 1.54) is 11.1 Å². The number of piperazine rings is 1. The van der Waals surface area contributed by atoms with Gasteiger partial charge in [-0.2, -0.15) is 0 Å². The minimum absolute atomic E-state index is 0.531. The number of ether oxygens (including phenoxy) is 1. The van der Waals surface area contributed by atoms with Crippen LogP contribution in [-0.2, 0) is 6.54 Å². The fourth-order valence-corrected chi connectivity index (χ4v) is 3.14. The van der Waals surface area contributed by atoms with Crippen molar-refractivity contribution in [1.82, 2.24) is 10.2 Å². The summed E-state index contributed by atoms with van der Waals surface area (Å²) in [5.41, 5.74) is 2.64. The molecule has 1 aromatic rings. The molecule has 2 rings (SSSR count). The Labute approximate surface area is 124 Å². The highest BCUT2D eigenvalue weighted by Gasteiger charge is 2.16. The molecule has 1 aliphatic heterocycles. The van der Waals surface area contributed by atoms with E-state index in [2.05, 4.69) is 52.1 Å². The van der Waals surface area contributed by atoms with Crippen LogP contribution in [0.3, 0.4) is 0 Å². The quantitative estimate of drug-likeness (QED) is 0.920. The van der Waals surface area contributed by atoms with Crippen LogP contribution in [0.1, 0.15) is 30.9 Å². The zero-order valence-corrected chi connectivity index (χ0v) is 13.6. The molecule has 3 nitrogen and oxygen atoms in total. The zero-order chi connectivity index (χ0) is 13.8. The minimum atomic E-state index is 0.531. The SMILES string of the molecule is COc1c(Br)cc(C(C)C)cc1CN1CCNCC1. The van der Waals surface area contributed by atoms with Gasteiger partial charge in [-0.1, -0.05) is 19.9 Å². The van der Waals surface area contributed by atoms with E-state index in [0.29, 0.717) is 5.92 Å². The van der Waals surface area contributed by atoms with Gasteiger partial charge in [0, 0.05) is 38.3 Å². The summed E-state index contributed by atoms with van der Waals surface area (Å²) in [7, 11) is 1.75. The summed E-state index contributed by atoms with van der Waals surface area (Å²) in [6, 6.07) is 4.46. The molecule has 1 fully saturated rings. The van der Waals surface area contributed by atoms with Crippen LogP contribution in [0.5, 0.6) is 5.75 Å². The van der Waals surface area contributed by atoms with Crippen molar-refractivity contribution in [3.63, 3.8) is 0 Å². The lowest BCUT2D eigenvalue weighted by atomic mass is 10.00. The number of nitrogens with one attached hydrogen (secondary N) is 1. The lowest BCUT2D eigenvalue weighted by molar-refractivity contribution is 0.230. The Morgan fingerprint density at radius 1 is 1.32 bits per heavy atom. The molecule has 0 radical (unpaired) electrons. The molecule has 1 saturated heterocycles. The summed E-state index contributed by atoms with van der Waals surface area (Å²) in [4.78, 5) is 2.48. The first-order valence-corrected chi connectivity index (χ1v) is 7.70. The van der Waals surface area contributed by atoms with Gasteiger partial charge in [0.1, 0.15) is 5.75 Å². The standard InChI is InChI=1S/C15H23BrN2O/c1-11(2)12-8-13(15(19-3)14(16)9-12)10-18-6-4-17-5-7-18/h8-9,11,17H,4-7,10H2,1-3H3. The Morgan fingerprint density at radius 3 is 2.58 bits per heavy atom. The third kappa shape index (κ3) is 3.71. The molecular weight excluding hydrogens is 304 g/mol. The molecule has 1 aromatic carbocycles. The summed E-state index contributed by atoms with van der Waals surface area (Å²) < 4.78 is 6.62. The van der Waals surface area contributed by atoms with Crippen molar-refractivity contribution in [2.45, 2.75) is 26.3 Å². The van der Waals surface area contributed by atoms with Crippen molar-refractivity contribution < 1.29 is 4.74 Å². The minimum Gasteiger partial charge on any atom is -0.495 e. The number of hydrogen-bond acceptors (Lipinski definition) is 3. The number of nitrogens with zero attached hydrogens (tertiary/aromatic N) is 1. The van der Waals surface area contributed by atoms with Gasteiger partial charge in [0.25, 0.3) is 0 Å². The molecule has 1 heterocycles. The van der Waals surface area contributed by atoms with Crippen molar-refractivity contribution in [3.8, 4) is 5.75 Å². The van der Waals surface area contributed by atoms with Crippen molar-refractivity contribution in [2.24, 2.45) is 0 Å². The fraction of sp³-hybridized carbons (Fsp3) is 0.600. The van der Waals surface area contributed by atoms with E-state index in [4.69, 9.17) is 4.74 Å². The number of hydrogen-bond donors (Lipinski definition) is 1. The zero-order valence-electron chi connectivity index (χ0n) is 12.0. The van der Waals surface area contributed by atoms with Gasteiger partial charge in [-0.05, 0) is 33.5 Å². The van der Waals surface area contributed by atoms with Crippen LogP contribution < -0.4 is 10.1 Å². The Bertz CT molecular complexity index is 428. The van der Waals surface area contributed by atoms with E-state index >= 15 is 0 Å². The second kappa shape index (κ2) is 6.73. The maximum Gasteiger partial charge on any atom is 0.137 e. The molecule has 4 heteroatoms. The van der Waals surface area contributed by atoms with Crippen molar-refractivity contribution in [2.75, 3.05) is 33.3 Å². The van der Waals surface area contributed by atoms with E-state index in [9.17, 15) is 0 Å². The lowest BCUT2D eigenvalue weighted by Crippen LogP contribution is -2.42. The molecule has 1 N–H and O–H groups in total.